The molecule has 31 heavy (non-hydrogen) atoms. The Balaban J connectivity index is 1.57. The first-order valence-electron chi connectivity index (χ1n) is 9.83. The minimum absolute atomic E-state index is 0.103. The summed E-state index contributed by atoms with van der Waals surface area (Å²) in [5.41, 5.74) is 3.53. The summed E-state index contributed by atoms with van der Waals surface area (Å²) in [5.74, 6) is 0.611. The SMILES string of the molecule is CCn1c(CNC(=O)c2ccc(C)cc2)nnc1SCC(=O)Nc1ccc(I)cc1C. The van der Waals surface area contributed by atoms with Crippen LogP contribution in [0.3, 0.4) is 0 Å². The van der Waals surface area contributed by atoms with Gasteiger partial charge in [-0.15, -0.1) is 10.2 Å². The van der Waals surface area contributed by atoms with Gasteiger partial charge in [0.2, 0.25) is 5.91 Å². The first-order valence-corrected chi connectivity index (χ1v) is 11.9. The zero-order valence-corrected chi connectivity index (χ0v) is 20.6. The van der Waals surface area contributed by atoms with E-state index in [9.17, 15) is 9.59 Å². The molecular weight excluding hydrogens is 525 g/mol. The van der Waals surface area contributed by atoms with Crippen LogP contribution in [0.15, 0.2) is 47.6 Å². The van der Waals surface area contributed by atoms with E-state index in [1.807, 2.05) is 55.7 Å². The van der Waals surface area contributed by atoms with E-state index in [1.165, 1.54) is 11.8 Å². The third kappa shape index (κ3) is 6.30. The number of carbonyl (C=O) groups is 2. The molecular formula is C22H24IN5O2S. The van der Waals surface area contributed by atoms with Crippen molar-refractivity contribution >= 4 is 51.9 Å². The predicted octanol–water partition coefficient (Wildman–Crippen LogP) is 4.18. The topological polar surface area (TPSA) is 88.9 Å². The Kier molecular flexibility index (Phi) is 8.08. The molecule has 1 heterocycles. The normalized spacial score (nSPS) is 10.7. The number of carbonyl (C=O) groups excluding carboxylic acids is 2. The van der Waals surface area contributed by atoms with Gasteiger partial charge in [-0.1, -0.05) is 29.5 Å². The van der Waals surface area contributed by atoms with Crippen LogP contribution in [0.5, 0.6) is 0 Å². The molecule has 0 bridgehead atoms. The molecule has 0 aliphatic carbocycles. The highest BCUT2D eigenvalue weighted by Gasteiger charge is 2.15. The fraction of sp³-hybridized carbons (Fsp3) is 0.273. The van der Waals surface area contributed by atoms with Crippen LogP contribution < -0.4 is 10.6 Å². The molecule has 2 aromatic carbocycles. The maximum Gasteiger partial charge on any atom is 0.251 e. The lowest BCUT2D eigenvalue weighted by atomic mass is 10.1. The molecule has 9 heteroatoms. The monoisotopic (exact) mass is 549 g/mol. The van der Waals surface area contributed by atoms with Crippen LogP contribution in [-0.2, 0) is 17.9 Å². The molecule has 0 saturated carbocycles. The molecule has 0 atom stereocenters. The first-order chi connectivity index (χ1) is 14.9. The summed E-state index contributed by atoms with van der Waals surface area (Å²) in [4.78, 5) is 24.7. The number of amides is 2. The van der Waals surface area contributed by atoms with Crippen molar-refractivity contribution < 1.29 is 9.59 Å². The predicted molar refractivity (Wildman–Crippen MR) is 131 cm³/mol. The van der Waals surface area contributed by atoms with E-state index in [-0.39, 0.29) is 24.1 Å². The van der Waals surface area contributed by atoms with E-state index in [0.29, 0.717) is 23.1 Å². The second-order valence-electron chi connectivity index (χ2n) is 6.99. The number of anilines is 1. The van der Waals surface area contributed by atoms with Crippen LogP contribution in [-0.4, -0.2) is 32.3 Å². The van der Waals surface area contributed by atoms with Gasteiger partial charge in [-0.3, -0.25) is 9.59 Å². The summed E-state index contributed by atoms with van der Waals surface area (Å²) in [7, 11) is 0. The molecule has 0 fully saturated rings. The Bertz CT molecular complexity index is 1080. The molecule has 3 rings (SSSR count). The number of thioether (sulfide) groups is 1. The summed E-state index contributed by atoms with van der Waals surface area (Å²) in [6, 6.07) is 13.3. The Morgan fingerprint density at radius 1 is 1.10 bits per heavy atom. The van der Waals surface area contributed by atoms with Gasteiger partial charge in [0.05, 0.1) is 12.3 Å². The van der Waals surface area contributed by atoms with E-state index >= 15 is 0 Å². The lowest BCUT2D eigenvalue weighted by Gasteiger charge is -2.10. The van der Waals surface area contributed by atoms with Gasteiger partial charge in [-0.05, 0) is 79.3 Å². The molecule has 1 aromatic heterocycles. The van der Waals surface area contributed by atoms with Crippen molar-refractivity contribution in [3.05, 3.63) is 68.5 Å². The van der Waals surface area contributed by atoms with Crippen molar-refractivity contribution in [2.24, 2.45) is 0 Å². The smallest absolute Gasteiger partial charge is 0.251 e. The van der Waals surface area contributed by atoms with Gasteiger partial charge < -0.3 is 15.2 Å². The summed E-state index contributed by atoms with van der Waals surface area (Å²) >= 11 is 3.57. The van der Waals surface area contributed by atoms with Gasteiger partial charge in [-0.25, -0.2) is 0 Å². The average molecular weight is 549 g/mol. The Hall–Kier alpha value is -2.40. The highest BCUT2D eigenvalue weighted by Crippen LogP contribution is 2.20. The average Bonchev–Trinajstić information content (AvgIpc) is 3.15. The van der Waals surface area contributed by atoms with Crippen LogP contribution in [0.2, 0.25) is 0 Å². The summed E-state index contributed by atoms with van der Waals surface area (Å²) in [6.45, 7) is 6.83. The maximum absolute atomic E-state index is 12.4. The second kappa shape index (κ2) is 10.8. The van der Waals surface area contributed by atoms with E-state index in [4.69, 9.17) is 0 Å². The highest BCUT2D eigenvalue weighted by atomic mass is 127. The maximum atomic E-state index is 12.4. The number of nitrogens with one attached hydrogen (secondary N) is 2. The molecule has 0 aliphatic rings. The largest absolute Gasteiger partial charge is 0.345 e. The molecule has 3 aromatic rings. The lowest BCUT2D eigenvalue weighted by molar-refractivity contribution is -0.113. The number of aromatic nitrogens is 3. The quantitative estimate of drug-likeness (QED) is 0.325. The zero-order valence-electron chi connectivity index (χ0n) is 17.6. The third-order valence-corrected chi connectivity index (χ3v) is 6.26. The molecule has 0 spiro atoms. The minimum Gasteiger partial charge on any atom is -0.345 e. The number of rotatable bonds is 8. The van der Waals surface area contributed by atoms with E-state index < -0.39 is 0 Å². The standard InChI is InChI=1S/C22H24IN5O2S/c1-4-28-19(12-24-21(30)16-7-5-14(2)6-8-16)26-27-22(28)31-13-20(29)25-18-10-9-17(23)11-15(18)3/h5-11H,4,12-13H2,1-3H3,(H,24,30)(H,25,29). The molecule has 2 amide bonds. The van der Waals surface area contributed by atoms with Crippen molar-refractivity contribution in [3.63, 3.8) is 0 Å². The number of benzene rings is 2. The first kappa shape index (κ1) is 23.3. The van der Waals surface area contributed by atoms with E-state index in [0.717, 1.165) is 20.4 Å². The van der Waals surface area contributed by atoms with Gasteiger partial charge in [0.15, 0.2) is 11.0 Å². The van der Waals surface area contributed by atoms with E-state index in [1.54, 1.807) is 12.1 Å². The number of nitrogens with zero attached hydrogens (tertiary/aromatic N) is 3. The lowest BCUT2D eigenvalue weighted by Crippen LogP contribution is -2.24. The van der Waals surface area contributed by atoms with E-state index in [2.05, 4.69) is 43.4 Å². The molecule has 0 unspecified atom stereocenters. The number of hydrogen-bond acceptors (Lipinski definition) is 5. The van der Waals surface area contributed by atoms with Gasteiger partial charge in [0.1, 0.15) is 0 Å². The van der Waals surface area contributed by atoms with Crippen molar-refractivity contribution in [1.29, 1.82) is 0 Å². The van der Waals surface area contributed by atoms with Crippen LogP contribution in [0.4, 0.5) is 5.69 Å². The Labute approximate surface area is 199 Å². The molecule has 2 N–H and O–H groups in total. The second-order valence-corrected chi connectivity index (χ2v) is 9.18. The summed E-state index contributed by atoms with van der Waals surface area (Å²) in [6.07, 6.45) is 0. The third-order valence-electron chi connectivity index (χ3n) is 4.63. The molecule has 0 aliphatic heterocycles. The van der Waals surface area contributed by atoms with Crippen LogP contribution in [0.1, 0.15) is 34.2 Å². The van der Waals surface area contributed by atoms with Gasteiger partial charge in [0.25, 0.3) is 5.91 Å². The fourth-order valence-electron chi connectivity index (χ4n) is 2.92. The fourth-order valence-corrected chi connectivity index (χ4v) is 4.39. The van der Waals surface area contributed by atoms with Crippen LogP contribution in [0.25, 0.3) is 0 Å². The van der Waals surface area contributed by atoms with Gasteiger partial charge in [0, 0.05) is 21.4 Å². The van der Waals surface area contributed by atoms with Crippen molar-refractivity contribution in [3.8, 4) is 0 Å². The highest BCUT2D eigenvalue weighted by molar-refractivity contribution is 14.1. The van der Waals surface area contributed by atoms with Crippen molar-refractivity contribution in [2.75, 3.05) is 11.1 Å². The van der Waals surface area contributed by atoms with Gasteiger partial charge >= 0.3 is 0 Å². The number of halogens is 1. The van der Waals surface area contributed by atoms with Crippen LogP contribution in [0, 0.1) is 17.4 Å². The van der Waals surface area contributed by atoms with Crippen molar-refractivity contribution in [1.82, 2.24) is 20.1 Å². The molecule has 0 saturated heterocycles. The molecule has 0 radical (unpaired) electrons. The number of hydrogen-bond donors (Lipinski definition) is 2. The minimum atomic E-state index is -0.160. The number of aryl methyl sites for hydroxylation is 2. The Morgan fingerprint density at radius 2 is 1.84 bits per heavy atom. The van der Waals surface area contributed by atoms with Gasteiger partial charge in [-0.2, -0.15) is 0 Å². The summed E-state index contributed by atoms with van der Waals surface area (Å²) < 4.78 is 3.03. The van der Waals surface area contributed by atoms with Crippen molar-refractivity contribution in [2.45, 2.75) is 39.0 Å². The molecule has 7 nitrogen and oxygen atoms in total. The Morgan fingerprint density at radius 3 is 2.52 bits per heavy atom. The molecule has 162 valence electrons. The van der Waals surface area contributed by atoms with Crippen LogP contribution >= 0.6 is 34.4 Å². The zero-order chi connectivity index (χ0) is 22.4. The summed E-state index contributed by atoms with van der Waals surface area (Å²) in [5, 5.41) is 14.9.